The number of carbonyl (C=O) groups is 2. The molecule has 5 nitrogen and oxygen atoms in total. The second kappa shape index (κ2) is 6.18. The highest BCUT2D eigenvalue weighted by molar-refractivity contribution is 5.80. The summed E-state index contributed by atoms with van der Waals surface area (Å²) in [6, 6.07) is -0.221. The predicted molar refractivity (Wildman–Crippen MR) is 68.9 cm³/mol. The summed E-state index contributed by atoms with van der Waals surface area (Å²) in [6.07, 6.45) is 3.18. The zero-order valence-electron chi connectivity index (χ0n) is 11.6. The maximum atomic E-state index is 11.6. The van der Waals surface area contributed by atoms with Crippen molar-refractivity contribution in [2.75, 3.05) is 13.1 Å². The molecule has 1 unspecified atom stereocenters. The van der Waals surface area contributed by atoms with Crippen LogP contribution < -0.4 is 5.73 Å². The number of nitrogens with zero attached hydrogens (tertiary/aromatic N) is 1. The molecule has 0 aromatic rings. The van der Waals surface area contributed by atoms with Gasteiger partial charge in [0.05, 0.1) is 12.5 Å². The lowest BCUT2D eigenvalue weighted by Gasteiger charge is -2.33. The van der Waals surface area contributed by atoms with Crippen LogP contribution in [0.15, 0.2) is 0 Å². The Morgan fingerprint density at radius 2 is 2.00 bits per heavy atom. The van der Waals surface area contributed by atoms with E-state index in [1.54, 1.807) is 0 Å². The number of likely N-dealkylation sites (tertiary alicyclic amines) is 1. The summed E-state index contributed by atoms with van der Waals surface area (Å²) in [5.74, 6) is -0.518. The van der Waals surface area contributed by atoms with E-state index in [4.69, 9.17) is 10.5 Å². The molecule has 5 heteroatoms. The summed E-state index contributed by atoms with van der Waals surface area (Å²) in [6.45, 7) is 6.91. The number of esters is 1. The molecule has 2 N–H and O–H groups in total. The van der Waals surface area contributed by atoms with Crippen LogP contribution in [0.4, 0.5) is 0 Å². The van der Waals surface area contributed by atoms with Gasteiger partial charge in [0, 0.05) is 6.54 Å². The minimum Gasteiger partial charge on any atom is -0.460 e. The highest BCUT2D eigenvalue weighted by Gasteiger charge is 2.27. The first-order valence-electron chi connectivity index (χ1n) is 6.55. The Hall–Kier alpha value is -1.10. The Morgan fingerprint density at radius 1 is 1.33 bits per heavy atom. The molecule has 1 heterocycles. The first-order valence-corrected chi connectivity index (χ1v) is 6.55. The molecule has 0 spiro atoms. The van der Waals surface area contributed by atoms with Crippen molar-refractivity contribution >= 4 is 11.9 Å². The third-order valence-corrected chi connectivity index (χ3v) is 2.97. The Bertz CT molecular complexity index is 310. The third kappa shape index (κ3) is 5.04. The van der Waals surface area contributed by atoms with Crippen molar-refractivity contribution < 1.29 is 14.3 Å². The molecule has 0 aromatic carbocycles. The van der Waals surface area contributed by atoms with E-state index in [9.17, 15) is 9.59 Å². The maximum Gasteiger partial charge on any atom is 0.307 e. The van der Waals surface area contributed by atoms with Crippen molar-refractivity contribution in [3.05, 3.63) is 0 Å². The van der Waals surface area contributed by atoms with Gasteiger partial charge in [0.15, 0.2) is 0 Å². The Kier molecular flexibility index (Phi) is 5.14. The molecule has 1 rings (SSSR count). The standard InChI is InChI=1S/C13H24N2O3/c1-13(2,3)18-11(16)7-9-15-8-5-4-6-10(15)12(14)17/h10H,4-9H2,1-3H3,(H2,14,17). The van der Waals surface area contributed by atoms with Gasteiger partial charge in [0.25, 0.3) is 0 Å². The van der Waals surface area contributed by atoms with Gasteiger partial charge in [-0.15, -0.1) is 0 Å². The van der Waals surface area contributed by atoms with E-state index in [1.165, 1.54) is 0 Å². The van der Waals surface area contributed by atoms with Gasteiger partial charge in [-0.05, 0) is 40.2 Å². The minimum atomic E-state index is -0.456. The highest BCUT2D eigenvalue weighted by Crippen LogP contribution is 2.17. The number of primary amides is 1. The number of rotatable bonds is 4. The van der Waals surface area contributed by atoms with Crippen LogP contribution in [0.25, 0.3) is 0 Å². The molecule has 1 aliphatic rings. The van der Waals surface area contributed by atoms with Crippen molar-refractivity contribution in [1.29, 1.82) is 0 Å². The number of piperidine rings is 1. The van der Waals surface area contributed by atoms with E-state index in [-0.39, 0.29) is 17.9 Å². The van der Waals surface area contributed by atoms with Gasteiger partial charge in [0.2, 0.25) is 5.91 Å². The van der Waals surface area contributed by atoms with E-state index < -0.39 is 5.60 Å². The number of ether oxygens (including phenoxy) is 1. The van der Waals surface area contributed by atoms with Crippen molar-refractivity contribution in [2.24, 2.45) is 5.73 Å². The lowest BCUT2D eigenvalue weighted by atomic mass is 10.0. The van der Waals surface area contributed by atoms with Gasteiger partial charge in [0.1, 0.15) is 5.60 Å². The monoisotopic (exact) mass is 256 g/mol. The SMILES string of the molecule is CC(C)(C)OC(=O)CCN1CCCCC1C(N)=O. The number of nitrogens with two attached hydrogens (primary N) is 1. The van der Waals surface area contributed by atoms with Crippen LogP contribution in [0.2, 0.25) is 0 Å². The largest absolute Gasteiger partial charge is 0.460 e. The summed E-state index contributed by atoms with van der Waals surface area (Å²) >= 11 is 0. The number of amides is 1. The van der Waals surface area contributed by atoms with Gasteiger partial charge in [-0.1, -0.05) is 6.42 Å². The smallest absolute Gasteiger partial charge is 0.307 e. The average molecular weight is 256 g/mol. The van der Waals surface area contributed by atoms with E-state index in [1.807, 2.05) is 25.7 Å². The lowest BCUT2D eigenvalue weighted by Crippen LogP contribution is -2.48. The van der Waals surface area contributed by atoms with Gasteiger partial charge in [-0.25, -0.2) is 0 Å². The third-order valence-electron chi connectivity index (χ3n) is 2.97. The van der Waals surface area contributed by atoms with E-state index in [0.717, 1.165) is 25.8 Å². The molecule has 18 heavy (non-hydrogen) atoms. The van der Waals surface area contributed by atoms with Crippen molar-refractivity contribution in [2.45, 2.75) is 58.1 Å². The Morgan fingerprint density at radius 3 is 2.56 bits per heavy atom. The summed E-state index contributed by atoms with van der Waals surface area (Å²) in [5, 5.41) is 0. The predicted octanol–water partition coefficient (Wildman–Crippen LogP) is 1.06. The molecule has 1 saturated heterocycles. The molecule has 1 aliphatic heterocycles. The molecule has 0 aromatic heterocycles. The molecular formula is C13H24N2O3. The zero-order chi connectivity index (χ0) is 13.8. The number of hydrogen-bond acceptors (Lipinski definition) is 4. The molecule has 0 bridgehead atoms. The number of hydrogen-bond donors (Lipinski definition) is 1. The first kappa shape index (κ1) is 15.0. The number of carbonyl (C=O) groups excluding carboxylic acids is 2. The fraction of sp³-hybridized carbons (Fsp3) is 0.846. The summed E-state index contributed by atoms with van der Waals surface area (Å²) < 4.78 is 5.24. The molecule has 1 fully saturated rings. The Labute approximate surface area is 109 Å². The molecular weight excluding hydrogens is 232 g/mol. The topological polar surface area (TPSA) is 72.6 Å². The van der Waals surface area contributed by atoms with Crippen molar-refractivity contribution in [3.63, 3.8) is 0 Å². The van der Waals surface area contributed by atoms with Crippen LogP contribution in [0, 0.1) is 0 Å². The van der Waals surface area contributed by atoms with E-state index in [2.05, 4.69) is 0 Å². The van der Waals surface area contributed by atoms with Gasteiger partial charge < -0.3 is 10.5 Å². The molecule has 0 aliphatic carbocycles. The lowest BCUT2D eigenvalue weighted by molar-refractivity contribution is -0.155. The van der Waals surface area contributed by atoms with Crippen LogP contribution in [0.1, 0.15) is 46.5 Å². The average Bonchev–Trinajstić information content (AvgIpc) is 2.24. The first-order chi connectivity index (χ1) is 8.29. The fourth-order valence-corrected chi connectivity index (χ4v) is 2.21. The molecule has 0 saturated carbocycles. The summed E-state index contributed by atoms with van der Waals surface area (Å²) in [7, 11) is 0. The van der Waals surface area contributed by atoms with Gasteiger partial charge in [-0.2, -0.15) is 0 Å². The minimum absolute atomic E-state index is 0.221. The fourth-order valence-electron chi connectivity index (χ4n) is 2.21. The van der Waals surface area contributed by atoms with Gasteiger partial charge in [-0.3, -0.25) is 14.5 Å². The zero-order valence-corrected chi connectivity index (χ0v) is 11.6. The summed E-state index contributed by atoms with van der Waals surface area (Å²) in [5.41, 5.74) is 4.91. The van der Waals surface area contributed by atoms with Gasteiger partial charge >= 0.3 is 5.97 Å². The van der Waals surface area contributed by atoms with Crippen LogP contribution in [-0.2, 0) is 14.3 Å². The van der Waals surface area contributed by atoms with Crippen LogP contribution in [0.5, 0.6) is 0 Å². The maximum absolute atomic E-state index is 11.6. The highest BCUT2D eigenvalue weighted by atomic mass is 16.6. The molecule has 1 amide bonds. The Balaban J connectivity index is 2.41. The van der Waals surface area contributed by atoms with Crippen LogP contribution in [0.3, 0.4) is 0 Å². The quantitative estimate of drug-likeness (QED) is 0.763. The van der Waals surface area contributed by atoms with Crippen LogP contribution in [-0.4, -0.2) is 41.5 Å². The second-order valence-electron chi connectivity index (χ2n) is 5.79. The second-order valence-corrected chi connectivity index (χ2v) is 5.79. The van der Waals surface area contributed by atoms with E-state index >= 15 is 0 Å². The van der Waals surface area contributed by atoms with Crippen LogP contribution >= 0.6 is 0 Å². The van der Waals surface area contributed by atoms with Crippen molar-refractivity contribution in [3.8, 4) is 0 Å². The normalized spacial score (nSPS) is 21.6. The molecule has 1 atom stereocenters. The van der Waals surface area contributed by atoms with Crippen molar-refractivity contribution in [1.82, 2.24) is 4.90 Å². The molecule has 104 valence electrons. The molecule has 0 radical (unpaired) electrons. The summed E-state index contributed by atoms with van der Waals surface area (Å²) in [4.78, 5) is 24.9. The van der Waals surface area contributed by atoms with E-state index in [0.29, 0.717) is 13.0 Å².